The van der Waals surface area contributed by atoms with Gasteiger partial charge in [0.15, 0.2) is 0 Å². The zero-order valence-electron chi connectivity index (χ0n) is 9.55. The van der Waals surface area contributed by atoms with E-state index in [4.69, 9.17) is 16.2 Å². The Balaban J connectivity index is 2.22. The molecule has 4 N–H and O–H groups in total. The molecule has 0 bridgehead atoms. The van der Waals surface area contributed by atoms with Gasteiger partial charge >= 0.3 is 0 Å². The number of hydrogen-bond donors (Lipinski definition) is 2. The number of nitrogens with zero attached hydrogens (tertiary/aromatic N) is 3. The van der Waals surface area contributed by atoms with E-state index < -0.39 is 0 Å². The molecule has 2 atom stereocenters. The summed E-state index contributed by atoms with van der Waals surface area (Å²) in [5, 5.41) is 0. The molecule has 1 aromatic rings. The van der Waals surface area contributed by atoms with E-state index in [0.717, 1.165) is 18.9 Å². The second-order valence-corrected chi connectivity index (χ2v) is 4.17. The molecule has 0 amide bonds. The molecular weight excluding hydrogens is 206 g/mol. The summed E-state index contributed by atoms with van der Waals surface area (Å²) in [6.07, 6.45) is 0.363. The highest BCUT2D eigenvalue weighted by Gasteiger charge is 2.23. The van der Waals surface area contributed by atoms with Crippen molar-refractivity contribution in [3.8, 4) is 0 Å². The summed E-state index contributed by atoms with van der Waals surface area (Å²) in [7, 11) is 0. The highest BCUT2D eigenvalue weighted by Crippen LogP contribution is 2.20. The molecule has 0 aliphatic carbocycles. The molecule has 0 spiro atoms. The van der Waals surface area contributed by atoms with E-state index >= 15 is 0 Å². The van der Waals surface area contributed by atoms with E-state index in [1.54, 1.807) is 6.07 Å². The lowest BCUT2D eigenvalue weighted by Gasteiger charge is -2.36. The summed E-state index contributed by atoms with van der Waals surface area (Å²) < 4.78 is 5.65. The van der Waals surface area contributed by atoms with Crippen LogP contribution < -0.4 is 16.4 Å². The smallest absolute Gasteiger partial charge is 0.223 e. The first kappa shape index (κ1) is 10.9. The van der Waals surface area contributed by atoms with Crippen LogP contribution in [-0.2, 0) is 4.74 Å². The SMILES string of the molecule is CC1CN(c2cc(N)nc(N)n2)CC(C)O1. The molecule has 6 heteroatoms. The summed E-state index contributed by atoms with van der Waals surface area (Å²) in [5.74, 6) is 1.38. The van der Waals surface area contributed by atoms with Crippen molar-refractivity contribution in [3.63, 3.8) is 0 Å². The first-order chi connectivity index (χ1) is 7.54. The molecule has 0 radical (unpaired) electrons. The van der Waals surface area contributed by atoms with Gasteiger partial charge in [-0.15, -0.1) is 0 Å². The van der Waals surface area contributed by atoms with Crippen molar-refractivity contribution in [1.29, 1.82) is 0 Å². The van der Waals surface area contributed by atoms with Crippen LogP contribution in [0.3, 0.4) is 0 Å². The second kappa shape index (κ2) is 4.13. The molecule has 2 heterocycles. The second-order valence-electron chi connectivity index (χ2n) is 4.17. The van der Waals surface area contributed by atoms with Crippen molar-refractivity contribution in [2.24, 2.45) is 0 Å². The minimum Gasteiger partial charge on any atom is -0.383 e. The van der Waals surface area contributed by atoms with Crippen LogP contribution in [0.2, 0.25) is 0 Å². The maximum Gasteiger partial charge on any atom is 0.223 e. The Morgan fingerprint density at radius 3 is 2.44 bits per heavy atom. The van der Waals surface area contributed by atoms with Crippen molar-refractivity contribution < 1.29 is 4.74 Å². The zero-order chi connectivity index (χ0) is 11.7. The van der Waals surface area contributed by atoms with Gasteiger partial charge in [-0.25, -0.2) is 0 Å². The third kappa shape index (κ3) is 2.33. The Morgan fingerprint density at radius 1 is 1.25 bits per heavy atom. The summed E-state index contributed by atoms with van der Waals surface area (Å²) in [4.78, 5) is 10.2. The third-order valence-electron chi connectivity index (χ3n) is 2.49. The van der Waals surface area contributed by atoms with Gasteiger partial charge in [0.05, 0.1) is 12.2 Å². The van der Waals surface area contributed by atoms with Gasteiger partial charge in [0.1, 0.15) is 11.6 Å². The van der Waals surface area contributed by atoms with Gasteiger partial charge in [0.25, 0.3) is 0 Å². The summed E-state index contributed by atoms with van der Waals surface area (Å²) >= 11 is 0. The maximum atomic E-state index is 5.65. The molecule has 1 aromatic heterocycles. The van der Waals surface area contributed by atoms with Crippen LogP contribution in [0.15, 0.2) is 6.07 Å². The number of nitrogens with two attached hydrogens (primary N) is 2. The fourth-order valence-electron chi connectivity index (χ4n) is 2.00. The molecule has 0 aromatic carbocycles. The maximum absolute atomic E-state index is 5.65. The Hall–Kier alpha value is -1.56. The van der Waals surface area contributed by atoms with Crippen LogP contribution in [0.25, 0.3) is 0 Å². The number of anilines is 3. The molecule has 0 saturated carbocycles. The van der Waals surface area contributed by atoms with Crippen molar-refractivity contribution in [3.05, 3.63) is 6.07 Å². The van der Waals surface area contributed by atoms with E-state index in [1.807, 2.05) is 13.8 Å². The highest BCUT2D eigenvalue weighted by molar-refractivity contribution is 5.50. The first-order valence-electron chi connectivity index (χ1n) is 5.35. The Kier molecular flexibility index (Phi) is 2.82. The molecule has 1 aliphatic rings. The lowest BCUT2D eigenvalue weighted by molar-refractivity contribution is -0.00545. The fraction of sp³-hybridized carbons (Fsp3) is 0.600. The zero-order valence-corrected chi connectivity index (χ0v) is 9.55. The average Bonchev–Trinajstić information content (AvgIpc) is 2.14. The minimum absolute atomic E-state index is 0.182. The highest BCUT2D eigenvalue weighted by atomic mass is 16.5. The number of hydrogen-bond acceptors (Lipinski definition) is 6. The topological polar surface area (TPSA) is 90.3 Å². The molecule has 1 aliphatic heterocycles. The average molecular weight is 223 g/mol. The lowest BCUT2D eigenvalue weighted by Crippen LogP contribution is -2.45. The van der Waals surface area contributed by atoms with Crippen LogP contribution in [0.5, 0.6) is 0 Å². The first-order valence-corrected chi connectivity index (χ1v) is 5.35. The normalized spacial score (nSPS) is 25.8. The van der Waals surface area contributed by atoms with Gasteiger partial charge in [0, 0.05) is 19.2 Å². The minimum atomic E-state index is 0.182. The number of rotatable bonds is 1. The molecule has 1 saturated heterocycles. The van der Waals surface area contributed by atoms with Crippen LogP contribution in [0, 0.1) is 0 Å². The van der Waals surface area contributed by atoms with Crippen LogP contribution in [0.4, 0.5) is 17.6 Å². The van der Waals surface area contributed by atoms with Crippen molar-refractivity contribution in [1.82, 2.24) is 9.97 Å². The molecule has 88 valence electrons. The number of nitrogen functional groups attached to an aromatic ring is 2. The van der Waals surface area contributed by atoms with E-state index in [1.165, 1.54) is 0 Å². The summed E-state index contributed by atoms with van der Waals surface area (Å²) in [5.41, 5.74) is 11.2. The molecular formula is C10H17N5O. The van der Waals surface area contributed by atoms with E-state index in [2.05, 4.69) is 14.9 Å². The van der Waals surface area contributed by atoms with Crippen LogP contribution in [-0.4, -0.2) is 35.3 Å². The third-order valence-corrected chi connectivity index (χ3v) is 2.49. The van der Waals surface area contributed by atoms with Gasteiger partial charge in [-0.2, -0.15) is 9.97 Å². The van der Waals surface area contributed by atoms with Crippen LogP contribution >= 0.6 is 0 Å². The van der Waals surface area contributed by atoms with Gasteiger partial charge in [-0.1, -0.05) is 0 Å². The molecule has 2 rings (SSSR count). The summed E-state index contributed by atoms with van der Waals surface area (Å²) in [6.45, 7) is 5.66. The van der Waals surface area contributed by atoms with Crippen LogP contribution in [0.1, 0.15) is 13.8 Å². The quantitative estimate of drug-likeness (QED) is 0.709. The number of ether oxygens (including phenoxy) is 1. The Morgan fingerprint density at radius 2 is 1.88 bits per heavy atom. The lowest BCUT2D eigenvalue weighted by atomic mass is 10.2. The molecule has 1 fully saturated rings. The van der Waals surface area contributed by atoms with E-state index in [-0.39, 0.29) is 18.2 Å². The molecule has 6 nitrogen and oxygen atoms in total. The predicted octanol–water partition coefficient (Wildman–Crippen LogP) is 0.255. The van der Waals surface area contributed by atoms with Gasteiger partial charge < -0.3 is 21.1 Å². The number of morpholine rings is 1. The Labute approximate surface area is 94.6 Å². The molecule has 16 heavy (non-hydrogen) atoms. The fourth-order valence-corrected chi connectivity index (χ4v) is 2.00. The predicted molar refractivity (Wildman–Crippen MR) is 63.1 cm³/mol. The van der Waals surface area contributed by atoms with Gasteiger partial charge in [0.2, 0.25) is 5.95 Å². The Bertz CT molecular complexity index is 353. The molecule has 2 unspecified atom stereocenters. The van der Waals surface area contributed by atoms with E-state index in [9.17, 15) is 0 Å². The van der Waals surface area contributed by atoms with Crippen molar-refractivity contribution in [2.75, 3.05) is 29.5 Å². The van der Waals surface area contributed by atoms with Crippen molar-refractivity contribution in [2.45, 2.75) is 26.1 Å². The van der Waals surface area contributed by atoms with E-state index in [0.29, 0.717) is 5.82 Å². The monoisotopic (exact) mass is 223 g/mol. The summed E-state index contributed by atoms with van der Waals surface area (Å²) in [6, 6.07) is 1.74. The largest absolute Gasteiger partial charge is 0.383 e. The van der Waals surface area contributed by atoms with Gasteiger partial charge in [-0.05, 0) is 13.8 Å². The van der Waals surface area contributed by atoms with Gasteiger partial charge in [-0.3, -0.25) is 0 Å². The van der Waals surface area contributed by atoms with Crippen molar-refractivity contribution >= 4 is 17.6 Å². The number of aromatic nitrogens is 2. The standard InChI is InChI=1S/C10H17N5O/c1-6-4-15(5-7(2)16-6)9-3-8(11)13-10(12)14-9/h3,6-7H,4-5H2,1-2H3,(H4,11,12,13,14).